The first-order valence-corrected chi connectivity index (χ1v) is 7.81. The van der Waals surface area contributed by atoms with Gasteiger partial charge in [0.15, 0.2) is 0 Å². The molecular formula is C20H16N4. The molecule has 0 spiro atoms. The van der Waals surface area contributed by atoms with Crippen LogP contribution >= 0.6 is 0 Å². The summed E-state index contributed by atoms with van der Waals surface area (Å²) in [6.07, 6.45) is 3.79. The molecule has 0 unspecified atom stereocenters. The zero-order chi connectivity index (χ0) is 16.7. The average Bonchev–Trinajstić information content (AvgIpc) is 3.17. The highest BCUT2D eigenvalue weighted by Crippen LogP contribution is 2.25. The zero-order valence-corrected chi connectivity index (χ0v) is 13.5. The number of aryl methyl sites for hydroxylation is 2. The Balaban J connectivity index is 1.85. The predicted octanol–water partition coefficient (Wildman–Crippen LogP) is 4.73. The largest absolute Gasteiger partial charge is 0.361 e. The standard InChI is InChI=1S/C20H16N4/c1-12-7-18-19(8-13(12)2)24-20(23-18)14(10-21)9-15-11-22-17-6-4-3-5-16(15)17/h3-9,11,22H,1-2H3,(H,23,24)/b14-9+. The molecule has 2 aromatic heterocycles. The van der Waals surface area contributed by atoms with Gasteiger partial charge < -0.3 is 9.97 Å². The predicted molar refractivity (Wildman–Crippen MR) is 97.4 cm³/mol. The van der Waals surface area contributed by atoms with Crippen LogP contribution in [0.3, 0.4) is 0 Å². The number of para-hydroxylation sites is 1. The van der Waals surface area contributed by atoms with E-state index in [0.717, 1.165) is 27.5 Å². The Morgan fingerprint density at radius 3 is 2.75 bits per heavy atom. The molecule has 0 radical (unpaired) electrons. The molecule has 0 aliphatic rings. The van der Waals surface area contributed by atoms with Crippen molar-refractivity contribution in [2.24, 2.45) is 0 Å². The molecule has 24 heavy (non-hydrogen) atoms. The number of benzene rings is 2. The van der Waals surface area contributed by atoms with Crippen LogP contribution in [0.1, 0.15) is 22.5 Å². The summed E-state index contributed by atoms with van der Waals surface area (Å²) in [5, 5.41) is 10.7. The van der Waals surface area contributed by atoms with E-state index < -0.39 is 0 Å². The molecule has 0 amide bonds. The summed E-state index contributed by atoms with van der Waals surface area (Å²) < 4.78 is 0. The van der Waals surface area contributed by atoms with Crippen LogP contribution in [0.2, 0.25) is 0 Å². The van der Waals surface area contributed by atoms with Gasteiger partial charge in [-0.2, -0.15) is 5.26 Å². The molecule has 0 saturated carbocycles. The molecule has 4 heteroatoms. The van der Waals surface area contributed by atoms with Crippen molar-refractivity contribution in [2.45, 2.75) is 13.8 Å². The van der Waals surface area contributed by atoms with Gasteiger partial charge >= 0.3 is 0 Å². The number of nitrogens with one attached hydrogen (secondary N) is 2. The fraction of sp³-hybridized carbons (Fsp3) is 0.100. The second-order valence-corrected chi connectivity index (χ2v) is 6.00. The first kappa shape index (κ1) is 14.3. The van der Waals surface area contributed by atoms with E-state index in [2.05, 4.69) is 40.9 Å². The molecule has 2 heterocycles. The van der Waals surface area contributed by atoms with Gasteiger partial charge in [0.25, 0.3) is 0 Å². The topological polar surface area (TPSA) is 68.3 Å². The summed E-state index contributed by atoms with van der Waals surface area (Å²) in [7, 11) is 0. The van der Waals surface area contributed by atoms with E-state index >= 15 is 0 Å². The smallest absolute Gasteiger partial charge is 0.149 e. The highest BCUT2D eigenvalue weighted by molar-refractivity contribution is 5.97. The third kappa shape index (κ3) is 2.27. The quantitative estimate of drug-likeness (QED) is 0.526. The molecule has 4 rings (SSSR count). The molecule has 2 N–H and O–H groups in total. The van der Waals surface area contributed by atoms with Gasteiger partial charge in [-0.05, 0) is 49.2 Å². The number of hydrogen-bond donors (Lipinski definition) is 2. The van der Waals surface area contributed by atoms with Gasteiger partial charge in [0.1, 0.15) is 11.9 Å². The fourth-order valence-corrected chi connectivity index (χ4v) is 2.92. The van der Waals surface area contributed by atoms with Crippen LogP contribution in [0.15, 0.2) is 42.6 Å². The van der Waals surface area contributed by atoms with Gasteiger partial charge in [0, 0.05) is 22.7 Å². The molecule has 0 fully saturated rings. The number of allylic oxidation sites excluding steroid dienone is 1. The van der Waals surface area contributed by atoms with Crippen LogP contribution in [0.4, 0.5) is 0 Å². The maximum atomic E-state index is 9.60. The highest BCUT2D eigenvalue weighted by atomic mass is 14.9. The normalized spacial score (nSPS) is 12.0. The van der Waals surface area contributed by atoms with Crippen LogP contribution in [-0.2, 0) is 0 Å². The van der Waals surface area contributed by atoms with Gasteiger partial charge in [-0.1, -0.05) is 18.2 Å². The number of aromatic nitrogens is 3. The van der Waals surface area contributed by atoms with Crippen LogP contribution in [0, 0.1) is 25.2 Å². The maximum absolute atomic E-state index is 9.60. The second kappa shape index (κ2) is 5.39. The third-order valence-corrected chi connectivity index (χ3v) is 4.39. The lowest BCUT2D eigenvalue weighted by Gasteiger charge is -1.97. The second-order valence-electron chi connectivity index (χ2n) is 6.00. The van der Waals surface area contributed by atoms with E-state index in [1.54, 1.807) is 0 Å². The number of hydrogen-bond acceptors (Lipinski definition) is 2. The zero-order valence-electron chi connectivity index (χ0n) is 13.5. The SMILES string of the molecule is Cc1cc2nc(/C(C#N)=C/c3c[nH]c4ccccc34)[nH]c2cc1C. The monoisotopic (exact) mass is 312 g/mol. The molecule has 2 aromatic carbocycles. The van der Waals surface area contributed by atoms with E-state index in [4.69, 9.17) is 0 Å². The summed E-state index contributed by atoms with van der Waals surface area (Å²) in [4.78, 5) is 11.1. The van der Waals surface area contributed by atoms with Crippen molar-refractivity contribution in [3.05, 3.63) is 65.1 Å². The summed E-state index contributed by atoms with van der Waals surface area (Å²) in [6, 6.07) is 14.4. The number of nitrogens with zero attached hydrogens (tertiary/aromatic N) is 2. The summed E-state index contributed by atoms with van der Waals surface area (Å²) in [6.45, 7) is 4.14. The van der Waals surface area contributed by atoms with E-state index in [1.807, 2.05) is 42.6 Å². The van der Waals surface area contributed by atoms with Crippen LogP contribution < -0.4 is 0 Å². The number of H-pyrrole nitrogens is 2. The minimum atomic E-state index is 0.520. The lowest BCUT2D eigenvalue weighted by atomic mass is 10.1. The lowest BCUT2D eigenvalue weighted by Crippen LogP contribution is -1.84. The van der Waals surface area contributed by atoms with E-state index in [0.29, 0.717) is 11.4 Å². The molecule has 0 bridgehead atoms. The Kier molecular flexibility index (Phi) is 3.21. The van der Waals surface area contributed by atoms with Gasteiger partial charge in [0.05, 0.1) is 16.6 Å². The minimum Gasteiger partial charge on any atom is -0.361 e. The average molecular weight is 312 g/mol. The van der Waals surface area contributed by atoms with Crippen LogP contribution in [-0.4, -0.2) is 15.0 Å². The molecule has 116 valence electrons. The van der Waals surface area contributed by atoms with Crippen molar-refractivity contribution in [3.8, 4) is 6.07 Å². The molecule has 4 aromatic rings. The van der Waals surface area contributed by atoms with Crippen molar-refractivity contribution in [2.75, 3.05) is 0 Å². The Morgan fingerprint density at radius 1 is 1.12 bits per heavy atom. The number of nitriles is 1. The summed E-state index contributed by atoms with van der Waals surface area (Å²) in [5.74, 6) is 0.600. The van der Waals surface area contributed by atoms with Crippen LogP contribution in [0.25, 0.3) is 33.6 Å². The van der Waals surface area contributed by atoms with Gasteiger partial charge in [-0.25, -0.2) is 4.98 Å². The first-order valence-electron chi connectivity index (χ1n) is 7.81. The number of imidazole rings is 1. The number of aromatic amines is 2. The summed E-state index contributed by atoms with van der Waals surface area (Å²) in [5.41, 5.74) is 6.79. The Bertz CT molecular complexity index is 1100. The van der Waals surface area contributed by atoms with Crippen molar-refractivity contribution >= 4 is 33.6 Å². The molecular weight excluding hydrogens is 296 g/mol. The third-order valence-electron chi connectivity index (χ3n) is 4.39. The maximum Gasteiger partial charge on any atom is 0.149 e. The lowest BCUT2D eigenvalue weighted by molar-refractivity contribution is 1.27. The van der Waals surface area contributed by atoms with E-state index in [1.165, 1.54) is 11.1 Å². The van der Waals surface area contributed by atoms with Gasteiger partial charge in [-0.15, -0.1) is 0 Å². The molecule has 0 atom stereocenters. The van der Waals surface area contributed by atoms with Gasteiger partial charge in [-0.3, -0.25) is 0 Å². The molecule has 0 aliphatic heterocycles. The molecule has 0 aliphatic carbocycles. The number of fused-ring (bicyclic) bond motifs is 2. The Hall–Kier alpha value is -3.32. The Labute approximate surface area is 139 Å². The van der Waals surface area contributed by atoms with Crippen molar-refractivity contribution in [3.63, 3.8) is 0 Å². The van der Waals surface area contributed by atoms with Crippen molar-refractivity contribution in [1.29, 1.82) is 5.26 Å². The number of rotatable bonds is 2. The molecule has 4 nitrogen and oxygen atoms in total. The fourth-order valence-electron chi connectivity index (χ4n) is 2.92. The highest BCUT2D eigenvalue weighted by Gasteiger charge is 2.10. The van der Waals surface area contributed by atoms with E-state index in [9.17, 15) is 5.26 Å². The minimum absolute atomic E-state index is 0.520. The Morgan fingerprint density at radius 2 is 1.92 bits per heavy atom. The van der Waals surface area contributed by atoms with Crippen molar-refractivity contribution in [1.82, 2.24) is 15.0 Å². The van der Waals surface area contributed by atoms with Gasteiger partial charge in [0.2, 0.25) is 0 Å². The van der Waals surface area contributed by atoms with E-state index in [-0.39, 0.29) is 0 Å². The summed E-state index contributed by atoms with van der Waals surface area (Å²) >= 11 is 0. The first-order chi connectivity index (χ1) is 11.7. The van der Waals surface area contributed by atoms with Crippen molar-refractivity contribution < 1.29 is 0 Å². The van der Waals surface area contributed by atoms with Crippen LogP contribution in [0.5, 0.6) is 0 Å². The molecule has 0 saturated heterocycles.